The minimum atomic E-state index is -0.00443. The Balaban J connectivity index is 1.97. The molecule has 0 unspecified atom stereocenters. The Labute approximate surface area is 97.8 Å². The van der Waals surface area contributed by atoms with Gasteiger partial charge in [-0.1, -0.05) is 18.2 Å². The molecular weight excluding hydrogens is 256 g/mol. The van der Waals surface area contributed by atoms with Gasteiger partial charge in [-0.05, 0) is 12.1 Å². The van der Waals surface area contributed by atoms with Gasteiger partial charge < -0.3 is 9.80 Å². The minimum absolute atomic E-state index is 0.00443. The van der Waals surface area contributed by atoms with Crippen LogP contribution >= 0.6 is 15.9 Å². The summed E-state index contributed by atoms with van der Waals surface area (Å²) in [7, 11) is 0. The first-order chi connectivity index (χ1) is 7.27. The maximum Gasteiger partial charge on any atom is 0.289 e. The molecule has 2 rings (SSSR count). The summed E-state index contributed by atoms with van der Waals surface area (Å²) in [5.41, 5.74) is 1.24. The maximum absolute atomic E-state index is 11.1. The lowest BCUT2D eigenvalue weighted by Crippen LogP contribution is -2.47. The van der Waals surface area contributed by atoms with Gasteiger partial charge in [0.25, 0.3) is 4.82 Å². The van der Waals surface area contributed by atoms with Crippen LogP contribution in [0.25, 0.3) is 0 Å². The molecule has 1 amide bonds. The molecule has 0 bridgehead atoms. The molecule has 1 aromatic rings. The van der Waals surface area contributed by atoms with Gasteiger partial charge in [0.1, 0.15) is 0 Å². The van der Waals surface area contributed by atoms with E-state index in [2.05, 4.69) is 33.0 Å². The van der Waals surface area contributed by atoms with Crippen LogP contribution in [0.4, 0.5) is 10.5 Å². The normalized spacial score (nSPS) is 16.6. The fourth-order valence-electron chi connectivity index (χ4n) is 1.78. The number of carbonyl (C=O) groups excluding carboxylic acids is 1. The van der Waals surface area contributed by atoms with Gasteiger partial charge in [-0.3, -0.25) is 4.79 Å². The van der Waals surface area contributed by atoms with Crippen molar-refractivity contribution < 1.29 is 4.79 Å². The molecule has 0 aliphatic carbocycles. The van der Waals surface area contributed by atoms with Crippen LogP contribution in [0, 0.1) is 0 Å². The average molecular weight is 269 g/mol. The zero-order valence-electron chi connectivity index (χ0n) is 8.40. The van der Waals surface area contributed by atoms with Crippen molar-refractivity contribution in [3.05, 3.63) is 30.3 Å². The Morgan fingerprint density at radius 2 is 1.67 bits per heavy atom. The van der Waals surface area contributed by atoms with Gasteiger partial charge in [0.2, 0.25) is 0 Å². The Kier molecular flexibility index (Phi) is 3.26. The van der Waals surface area contributed by atoms with Crippen molar-refractivity contribution in [2.45, 2.75) is 0 Å². The van der Waals surface area contributed by atoms with Crippen molar-refractivity contribution in [3.63, 3.8) is 0 Å². The van der Waals surface area contributed by atoms with Gasteiger partial charge >= 0.3 is 0 Å². The van der Waals surface area contributed by atoms with E-state index in [9.17, 15) is 4.79 Å². The summed E-state index contributed by atoms with van der Waals surface area (Å²) in [5, 5.41) is 0. The highest BCUT2D eigenvalue weighted by Crippen LogP contribution is 2.16. The third-order valence-electron chi connectivity index (χ3n) is 2.65. The van der Waals surface area contributed by atoms with Crippen LogP contribution in [0.1, 0.15) is 0 Å². The molecule has 0 atom stereocenters. The zero-order chi connectivity index (χ0) is 10.7. The van der Waals surface area contributed by atoms with Gasteiger partial charge in [-0.25, -0.2) is 0 Å². The second-order valence-corrected chi connectivity index (χ2v) is 4.24. The fourth-order valence-corrected chi connectivity index (χ4v) is 2.13. The van der Waals surface area contributed by atoms with E-state index in [0.717, 1.165) is 26.2 Å². The topological polar surface area (TPSA) is 23.6 Å². The van der Waals surface area contributed by atoms with Crippen molar-refractivity contribution in [3.8, 4) is 0 Å². The third-order valence-corrected chi connectivity index (χ3v) is 3.15. The molecule has 0 N–H and O–H groups in total. The Morgan fingerprint density at radius 1 is 1.07 bits per heavy atom. The second-order valence-electron chi connectivity index (χ2n) is 3.56. The van der Waals surface area contributed by atoms with Crippen LogP contribution < -0.4 is 4.90 Å². The molecule has 4 heteroatoms. The molecule has 0 aromatic heterocycles. The summed E-state index contributed by atoms with van der Waals surface area (Å²) in [4.78, 5) is 15.2. The molecule has 1 aliphatic rings. The van der Waals surface area contributed by atoms with E-state index in [0.29, 0.717) is 0 Å². The van der Waals surface area contributed by atoms with E-state index >= 15 is 0 Å². The molecule has 1 fully saturated rings. The summed E-state index contributed by atoms with van der Waals surface area (Å²) < 4.78 is 0. The lowest BCUT2D eigenvalue weighted by Gasteiger charge is -2.35. The van der Waals surface area contributed by atoms with E-state index in [4.69, 9.17) is 0 Å². The van der Waals surface area contributed by atoms with Gasteiger partial charge in [-0.2, -0.15) is 0 Å². The molecule has 1 heterocycles. The molecule has 0 spiro atoms. The Bertz CT molecular complexity index is 334. The smallest absolute Gasteiger partial charge is 0.289 e. The molecule has 1 aromatic carbocycles. The highest BCUT2D eigenvalue weighted by Gasteiger charge is 2.19. The van der Waals surface area contributed by atoms with Crippen molar-refractivity contribution in [2.24, 2.45) is 0 Å². The highest BCUT2D eigenvalue weighted by atomic mass is 79.9. The molecule has 0 radical (unpaired) electrons. The SMILES string of the molecule is O=C(Br)N1CCN(c2ccccc2)CC1. The number of para-hydroxylation sites is 1. The van der Waals surface area contributed by atoms with Crippen LogP contribution in [-0.2, 0) is 0 Å². The molecule has 1 saturated heterocycles. The molecule has 0 saturated carbocycles. The summed E-state index contributed by atoms with van der Waals surface area (Å²) in [6.07, 6.45) is 0. The summed E-state index contributed by atoms with van der Waals surface area (Å²) in [6.45, 7) is 3.39. The number of benzene rings is 1. The maximum atomic E-state index is 11.1. The van der Waals surface area contributed by atoms with E-state index in [1.54, 1.807) is 0 Å². The number of carbonyl (C=O) groups is 1. The van der Waals surface area contributed by atoms with Crippen molar-refractivity contribution >= 4 is 26.4 Å². The largest absolute Gasteiger partial charge is 0.368 e. The lowest BCUT2D eigenvalue weighted by atomic mass is 10.2. The summed E-state index contributed by atoms with van der Waals surface area (Å²) in [5.74, 6) is 0. The van der Waals surface area contributed by atoms with Gasteiger partial charge in [0.05, 0.1) is 0 Å². The first-order valence-electron chi connectivity index (χ1n) is 5.02. The number of anilines is 1. The summed E-state index contributed by atoms with van der Waals surface area (Å²) in [6, 6.07) is 10.3. The minimum Gasteiger partial charge on any atom is -0.368 e. The lowest BCUT2D eigenvalue weighted by molar-refractivity contribution is 0.221. The predicted molar refractivity (Wildman–Crippen MR) is 64.6 cm³/mol. The molecule has 15 heavy (non-hydrogen) atoms. The molecular formula is C11H13BrN2O. The fraction of sp³-hybridized carbons (Fsp3) is 0.364. The number of rotatable bonds is 1. The van der Waals surface area contributed by atoms with Gasteiger partial charge in [-0.15, -0.1) is 0 Å². The van der Waals surface area contributed by atoms with Crippen molar-refractivity contribution in [2.75, 3.05) is 31.1 Å². The summed E-state index contributed by atoms with van der Waals surface area (Å²) >= 11 is 2.98. The van der Waals surface area contributed by atoms with Crippen molar-refractivity contribution in [1.29, 1.82) is 0 Å². The molecule has 1 aliphatic heterocycles. The van der Waals surface area contributed by atoms with Crippen LogP contribution in [0.5, 0.6) is 0 Å². The van der Waals surface area contributed by atoms with Crippen LogP contribution in [0.15, 0.2) is 30.3 Å². The predicted octanol–water partition coefficient (Wildman–Crippen LogP) is 2.32. The zero-order valence-corrected chi connectivity index (χ0v) is 9.98. The van der Waals surface area contributed by atoms with Gasteiger partial charge in [0.15, 0.2) is 0 Å². The third kappa shape index (κ3) is 2.50. The van der Waals surface area contributed by atoms with E-state index in [1.807, 2.05) is 23.1 Å². The van der Waals surface area contributed by atoms with Crippen molar-refractivity contribution in [1.82, 2.24) is 4.90 Å². The first-order valence-corrected chi connectivity index (χ1v) is 5.81. The molecule has 3 nitrogen and oxygen atoms in total. The number of hydrogen-bond donors (Lipinski definition) is 0. The van der Waals surface area contributed by atoms with E-state index < -0.39 is 0 Å². The van der Waals surface area contributed by atoms with Crippen LogP contribution in [-0.4, -0.2) is 35.9 Å². The number of hydrogen-bond acceptors (Lipinski definition) is 2. The van der Waals surface area contributed by atoms with Crippen LogP contribution in [0.2, 0.25) is 0 Å². The number of piperazine rings is 1. The monoisotopic (exact) mass is 268 g/mol. The quantitative estimate of drug-likeness (QED) is 0.577. The molecule has 80 valence electrons. The first kappa shape index (κ1) is 10.5. The Morgan fingerprint density at radius 3 is 2.20 bits per heavy atom. The number of nitrogens with zero attached hydrogens (tertiary/aromatic N) is 2. The van der Waals surface area contributed by atoms with E-state index in [-0.39, 0.29) is 4.82 Å². The standard InChI is InChI=1S/C11H13BrN2O/c12-11(15)14-8-6-13(7-9-14)10-4-2-1-3-5-10/h1-5H,6-9H2. The second kappa shape index (κ2) is 4.66. The number of halogens is 1. The average Bonchev–Trinajstić information content (AvgIpc) is 2.30. The highest BCUT2D eigenvalue weighted by molar-refractivity contribution is 9.18. The van der Waals surface area contributed by atoms with Gasteiger partial charge in [0, 0.05) is 47.8 Å². The number of amides is 1. The van der Waals surface area contributed by atoms with Crippen LogP contribution in [0.3, 0.4) is 0 Å². The Hall–Kier alpha value is -1.03. The van der Waals surface area contributed by atoms with E-state index in [1.165, 1.54) is 5.69 Å².